The van der Waals surface area contributed by atoms with Crippen LogP contribution in [0, 0.1) is 5.41 Å². The van der Waals surface area contributed by atoms with Gasteiger partial charge in [-0.2, -0.15) is 18.3 Å². The summed E-state index contributed by atoms with van der Waals surface area (Å²) in [5.74, 6) is 0. The lowest BCUT2D eigenvalue weighted by Crippen LogP contribution is -2.44. The number of hydrogen-bond donors (Lipinski definition) is 1. The summed E-state index contributed by atoms with van der Waals surface area (Å²) in [7, 11) is 0. The second kappa shape index (κ2) is 5.39. The molecule has 1 N–H and O–H groups in total. The minimum atomic E-state index is -4.32. The molecule has 1 heterocycles. The molecule has 20 heavy (non-hydrogen) atoms. The first-order valence-corrected chi connectivity index (χ1v) is 7.08. The number of nitrogens with one attached hydrogen (secondary N) is 1. The van der Waals surface area contributed by atoms with Crippen molar-refractivity contribution in [1.29, 1.82) is 0 Å². The van der Waals surface area contributed by atoms with Gasteiger partial charge in [-0.3, -0.25) is 4.68 Å². The maximum Gasteiger partial charge on any atom is 0.419 e. The van der Waals surface area contributed by atoms with Gasteiger partial charge in [0.05, 0.1) is 17.8 Å². The highest BCUT2D eigenvalue weighted by Crippen LogP contribution is 2.41. The molecule has 1 aliphatic rings. The molecule has 6 heteroatoms. The second-order valence-corrected chi connectivity index (χ2v) is 6.35. The highest BCUT2D eigenvalue weighted by atomic mass is 19.4. The van der Waals surface area contributed by atoms with Gasteiger partial charge in [0, 0.05) is 12.2 Å². The molecule has 2 unspecified atom stereocenters. The van der Waals surface area contributed by atoms with Crippen molar-refractivity contribution in [3.63, 3.8) is 0 Å². The number of halogens is 3. The van der Waals surface area contributed by atoms with Crippen LogP contribution in [0.5, 0.6) is 0 Å². The van der Waals surface area contributed by atoms with Crippen molar-refractivity contribution in [3.05, 3.63) is 18.0 Å². The largest absolute Gasteiger partial charge is 0.419 e. The standard InChI is InChI=1S/C14H22F3N3/c1-4-18-11-5-6-13(2,3)7-12(11)20-9-10(8-19-20)14(15,16)17/h8-9,11-12,18H,4-7H2,1-3H3. The SMILES string of the molecule is CCNC1CCC(C)(C)CC1n1cc(C(F)(F)F)cn1. The Bertz CT molecular complexity index is 451. The van der Waals surface area contributed by atoms with Crippen LogP contribution in [0.3, 0.4) is 0 Å². The Morgan fingerprint density at radius 2 is 2.15 bits per heavy atom. The van der Waals surface area contributed by atoms with Crippen LogP contribution in [0.4, 0.5) is 13.2 Å². The predicted octanol–water partition coefficient (Wildman–Crippen LogP) is 3.63. The molecule has 1 fully saturated rings. The number of aromatic nitrogens is 2. The summed E-state index contributed by atoms with van der Waals surface area (Å²) in [5, 5.41) is 7.34. The molecule has 0 aromatic carbocycles. The lowest BCUT2D eigenvalue weighted by molar-refractivity contribution is -0.137. The highest BCUT2D eigenvalue weighted by molar-refractivity contribution is 5.10. The Hall–Kier alpha value is -1.04. The van der Waals surface area contributed by atoms with E-state index in [1.165, 1.54) is 4.68 Å². The zero-order valence-corrected chi connectivity index (χ0v) is 12.2. The zero-order valence-electron chi connectivity index (χ0n) is 12.2. The average molecular weight is 289 g/mol. The summed E-state index contributed by atoms with van der Waals surface area (Å²) < 4.78 is 39.6. The Kier molecular flexibility index (Phi) is 4.14. The minimum Gasteiger partial charge on any atom is -0.312 e. The normalized spacial score (nSPS) is 26.7. The van der Waals surface area contributed by atoms with Crippen molar-refractivity contribution in [2.45, 2.75) is 58.3 Å². The molecule has 0 bridgehead atoms. The number of alkyl halides is 3. The van der Waals surface area contributed by atoms with Crippen LogP contribution in [-0.2, 0) is 6.18 Å². The van der Waals surface area contributed by atoms with E-state index < -0.39 is 11.7 Å². The van der Waals surface area contributed by atoms with Gasteiger partial charge in [0.25, 0.3) is 0 Å². The summed E-state index contributed by atoms with van der Waals surface area (Å²) in [6.45, 7) is 7.16. The lowest BCUT2D eigenvalue weighted by Gasteiger charge is -2.41. The number of hydrogen-bond acceptors (Lipinski definition) is 2. The van der Waals surface area contributed by atoms with Crippen LogP contribution in [0.1, 0.15) is 51.6 Å². The molecular formula is C14H22F3N3. The second-order valence-electron chi connectivity index (χ2n) is 6.35. The highest BCUT2D eigenvalue weighted by Gasteiger charge is 2.38. The van der Waals surface area contributed by atoms with Crippen molar-refractivity contribution < 1.29 is 13.2 Å². The molecule has 0 aliphatic heterocycles. The first-order chi connectivity index (χ1) is 9.23. The van der Waals surface area contributed by atoms with Crippen molar-refractivity contribution in [2.75, 3.05) is 6.54 Å². The third kappa shape index (κ3) is 3.34. The Balaban J connectivity index is 2.24. The smallest absolute Gasteiger partial charge is 0.312 e. The van der Waals surface area contributed by atoms with Crippen LogP contribution in [-0.4, -0.2) is 22.4 Å². The van der Waals surface area contributed by atoms with Gasteiger partial charge in [-0.05, 0) is 31.2 Å². The molecular weight excluding hydrogens is 267 g/mol. The van der Waals surface area contributed by atoms with E-state index in [1.54, 1.807) is 0 Å². The van der Waals surface area contributed by atoms with Gasteiger partial charge >= 0.3 is 6.18 Å². The van der Waals surface area contributed by atoms with E-state index in [9.17, 15) is 13.2 Å². The number of nitrogens with zero attached hydrogens (tertiary/aromatic N) is 2. The van der Waals surface area contributed by atoms with Crippen LogP contribution in [0.2, 0.25) is 0 Å². The summed E-state index contributed by atoms with van der Waals surface area (Å²) >= 11 is 0. The average Bonchev–Trinajstić information content (AvgIpc) is 2.80. The van der Waals surface area contributed by atoms with Crippen molar-refractivity contribution in [1.82, 2.24) is 15.1 Å². The Morgan fingerprint density at radius 1 is 1.45 bits per heavy atom. The van der Waals surface area contributed by atoms with E-state index in [1.807, 2.05) is 6.92 Å². The monoisotopic (exact) mass is 289 g/mol. The summed E-state index contributed by atoms with van der Waals surface area (Å²) in [6.07, 6.45) is 0.613. The van der Waals surface area contributed by atoms with E-state index in [-0.39, 0.29) is 17.5 Å². The Morgan fingerprint density at radius 3 is 2.70 bits per heavy atom. The fraction of sp³-hybridized carbons (Fsp3) is 0.786. The molecule has 1 aliphatic carbocycles. The maximum absolute atomic E-state index is 12.7. The van der Waals surface area contributed by atoms with Crippen LogP contribution < -0.4 is 5.32 Å². The van der Waals surface area contributed by atoms with Gasteiger partial charge in [0.15, 0.2) is 0 Å². The molecule has 1 aromatic rings. The van der Waals surface area contributed by atoms with Crippen LogP contribution >= 0.6 is 0 Å². The molecule has 0 radical (unpaired) electrons. The molecule has 3 nitrogen and oxygen atoms in total. The van der Waals surface area contributed by atoms with Gasteiger partial charge in [-0.15, -0.1) is 0 Å². The van der Waals surface area contributed by atoms with Crippen molar-refractivity contribution >= 4 is 0 Å². The quantitative estimate of drug-likeness (QED) is 0.921. The van der Waals surface area contributed by atoms with Gasteiger partial charge in [-0.1, -0.05) is 20.8 Å². The molecule has 0 saturated heterocycles. The first-order valence-electron chi connectivity index (χ1n) is 7.08. The van der Waals surface area contributed by atoms with Crippen LogP contribution in [0.15, 0.2) is 12.4 Å². The third-order valence-electron chi connectivity index (χ3n) is 4.09. The fourth-order valence-corrected chi connectivity index (χ4v) is 2.99. The fourth-order valence-electron chi connectivity index (χ4n) is 2.99. The Labute approximate surface area is 117 Å². The number of rotatable bonds is 3. The molecule has 1 aromatic heterocycles. The van der Waals surface area contributed by atoms with Crippen molar-refractivity contribution in [2.24, 2.45) is 5.41 Å². The van der Waals surface area contributed by atoms with E-state index in [0.29, 0.717) is 0 Å². The molecule has 1 saturated carbocycles. The van der Waals surface area contributed by atoms with E-state index in [0.717, 1.165) is 38.2 Å². The van der Waals surface area contributed by atoms with Gasteiger partial charge in [0.2, 0.25) is 0 Å². The minimum absolute atomic E-state index is 0.0187. The molecule has 0 amide bonds. The van der Waals surface area contributed by atoms with E-state index >= 15 is 0 Å². The molecule has 2 atom stereocenters. The maximum atomic E-state index is 12.7. The topological polar surface area (TPSA) is 29.9 Å². The van der Waals surface area contributed by atoms with Crippen LogP contribution in [0.25, 0.3) is 0 Å². The predicted molar refractivity (Wildman–Crippen MR) is 71.4 cm³/mol. The summed E-state index contributed by atoms with van der Waals surface area (Å²) in [6, 6.07) is 0.170. The van der Waals surface area contributed by atoms with E-state index in [4.69, 9.17) is 0 Å². The zero-order chi connectivity index (χ0) is 15.0. The van der Waals surface area contributed by atoms with Gasteiger partial charge in [0.1, 0.15) is 0 Å². The summed E-state index contributed by atoms with van der Waals surface area (Å²) in [5.41, 5.74) is -0.530. The number of likely N-dealkylation sites (N-methyl/N-ethyl adjacent to an activating group) is 1. The summed E-state index contributed by atoms with van der Waals surface area (Å²) in [4.78, 5) is 0. The van der Waals surface area contributed by atoms with E-state index in [2.05, 4.69) is 24.3 Å². The molecule has 0 spiro atoms. The first kappa shape index (κ1) is 15.4. The lowest BCUT2D eigenvalue weighted by atomic mass is 9.73. The van der Waals surface area contributed by atoms with Gasteiger partial charge in [-0.25, -0.2) is 0 Å². The van der Waals surface area contributed by atoms with Crippen molar-refractivity contribution in [3.8, 4) is 0 Å². The third-order valence-corrected chi connectivity index (χ3v) is 4.09. The molecule has 114 valence electrons. The van der Waals surface area contributed by atoms with Gasteiger partial charge < -0.3 is 5.32 Å². The molecule has 2 rings (SSSR count).